The van der Waals surface area contributed by atoms with Crippen LogP contribution < -0.4 is 20.3 Å². The van der Waals surface area contributed by atoms with Gasteiger partial charge in [0.05, 0.1) is 25.5 Å². The molecule has 1 fully saturated rings. The predicted molar refractivity (Wildman–Crippen MR) is 141 cm³/mol. The van der Waals surface area contributed by atoms with E-state index < -0.39 is 11.7 Å². The van der Waals surface area contributed by atoms with E-state index >= 15 is 0 Å². The van der Waals surface area contributed by atoms with Gasteiger partial charge >= 0.3 is 0 Å². The topological polar surface area (TPSA) is 88.6 Å². The maximum Gasteiger partial charge on any atom is 0.254 e. The Bertz CT molecular complexity index is 1260. The number of carbonyl (C=O) groups excluding carboxylic acids is 1. The second kappa shape index (κ2) is 11.6. The molecule has 0 aliphatic carbocycles. The second-order valence-electron chi connectivity index (χ2n) is 9.34. The zero-order valence-electron chi connectivity index (χ0n) is 21.1. The number of halogens is 1. The van der Waals surface area contributed by atoms with Gasteiger partial charge in [-0.15, -0.1) is 0 Å². The van der Waals surface area contributed by atoms with Crippen LogP contribution in [-0.2, 0) is 11.3 Å². The van der Waals surface area contributed by atoms with Crippen LogP contribution in [0.1, 0.15) is 48.0 Å². The third-order valence-electron chi connectivity index (χ3n) is 6.75. The molecule has 6 rings (SSSR count). The summed E-state index contributed by atoms with van der Waals surface area (Å²) in [7, 11) is 1.51. The molecule has 194 valence electrons. The summed E-state index contributed by atoms with van der Waals surface area (Å²) < 4.78 is 26.4. The number of nitrogens with one attached hydrogen (secondary N) is 2. The maximum absolute atomic E-state index is 14.9. The van der Waals surface area contributed by atoms with Crippen molar-refractivity contribution in [2.45, 2.75) is 38.7 Å². The second-order valence-corrected chi connectivity index (χ2v) is 9.34. The molecule has 0 saturated carbocycles. The highest BCUT2D eigenvalue weighted by Crippen LogP contribution is 2.32. The number of piperidine rings is 1. The average molecular weight is 506 g/mol. The fraction of sp³-hybridized carbons (Fsp3) is 0.393. The number of anilines is 3. The lowest BCUT2D eigenvalue weighted by atomic mass is 10.1. The van der Waals surface area contributed by atoms with Gasteiger partial charge in [-0.1, -0.05) is 6.07 Å². The summed E-state index contributed by atoms with van der Waals surface area (Å²) in [6.07, 6.45) is 6.73. The van der Waals surface area contributed by atoms with Crippen LogP contribution in [0, 0.1) is 5.82 Å². The molecule has 8 nitrogen and oxygen atoms in total. The Labute approximate surface area is 216 Å². The van der Waals surface area contributed by atoms with Crippen molar-refractivity contribution in [2.24, 2.45) is 0 Å². The Morgan fingerprint density at radius 1 is 1.05 bits per heavy atom. The van der Waals surface area contributed by atoms with Crippen LogP contribution in [0.3, 0.4) is 0 Å². The number of hydrogen-bond acceptors (Lipinski definition) is 7. The van der Waals surface area contributed by atoms with Gasteiger partial charge in [0, 0.05) is 48.7 Å². The van der Waals surface area contributed by atoms with Gasteiger partial charge in [0.15, 0.2) is 5.75 Å². The number of fused-ring (bicyclic) bond motifs is 9. The van der Waals surface area contributed by atoms with Gasteiger partial charge in [0.1, 0.15) is 11.5 Å². The molecule has 3 aliphatic rings. The number of nitrogens with zero attached hydrogens (tertiary/aromatic N) is 3. The van der Waals surface area contributed by atoms with E-state index in [1.807, 2.05) is 6.07 Å². The minimum absolute atomic E-state index is 0.00874. The van der Waals surface area contributed by atoms with Crippen LogP contribution in [0.5, 0.6) is 5.75 Å². The molecular weight excluding hydrogens is 473 g/mol. The van der Waals surface area contributed by atoms with Crippen LogP contribution in [0.25, 0.3) is 11.3 Å². The molecule has 0 spiro atoms. The Balaban J connectivity index is 1.51. The summed E-state index contributed by atoms with van der Waals surface area (Å²) in [6, 6.07) is 10.7. The minimum Gasteiger partial charge on any atom is -0.493 e. The molecule has 3 aromatic rings. The third kappa shape index (κ3) is 5.83. The zero-order chi connectivity index (χ0) is 25.6. The highest BCUT2D eigenvalue weighted by Gasteiger charge is 2.18. The van der Waals surface area contributed by atoms with Gasteiger partial charge in [-0.2, -0.15) is 0 Å². The van der Waals surface area contributed by atoms with Crippen molar-refractivity contribution in [1.82, 2.24) is 15.3 Å². The van der Waals surface area contributed by atoms with Crippen LogP contribution >= 0.6 is 0 Å². The summed E-state index contributed by atoms with van der Waals surface area (Å²) in [5.74, 6) is -0.303. The fourth-order valence-electron chi connectivity index (χ4n) is 4.79. The van der Waals surface area contributed by atoms with Crippen molar-refractivity contribution in [3.63, 3.8) is 0 Å². The standard InChI is InChI=1S/C28H32FN5O3/c1-36-25-17-31-28-32-21-8-10-24(34-12-4-2-5-13-34)20(15-21)18-37-14-6-3-11-30-27(35)22-9-7-19(16-23(22)29)26(25)33-28/h7-10,15-17H,2-6,11-14,18H2,1H3,(H,30,35)(H,31,32,33). The lowest BCUT2D eigenvalue weighted by Crippen LogP contribution is -2.30. The summed E-state index contributed by atoms with van der Waals surface area (Å²) in [5.41, 5.74) is 4.04. The number of carbonyl (C=O) groups is 1. The first-order valence-electron chi connectivity index (χ1n) is 12.8. The quantitative estimate of drug-likeness (QED) is 0.503. The number of methoxy groups -OCH3 is 1. The molecule has 1 amide bonds. The molecule has 9 heteroatoms. The maximum atomic E-state index is 14.9. The van der Waals surface area contributed by atoms with Gasteiger partial charge in [0.2, 0.25) is 5.95 Å². The first kappa shape index (κ1) is 25.0. The van der Waals surface area contributed by atoms with Gasteiger partial charge in [-0.25, -0.2) is 14.4 Å². The van der Waals surface area contributed by atoms with E-state index in [1.54, 1.807) is 12.3 Å². The van der Waals surface area contributed by atoms with Crippen molar-refractivity contribution in [3.8, 4) is 17.0 Å². The molecule has 6 bridgehead atoms. The molecule has 2 aromatic carbocycles. The van der Waals surface area contributed by atoms with Crippen LogP contribution in [-0.4, -0.2) is 49.2 Å². The molecule has 0 radical (unpaired) electrons. The van der Waals surface area contributed by atoms with E-state index in [0.29, 0.717) is 42.7 Å². The van der Waals surface area contributed by atoms with Gasteiger partial charge in [-0.3, -0.25) is 4.79 Å². The van der Waals surface area contributed by atoms with E-state index in [4.69, 9.17) is 9.47 Å². The molecule has 2 N–H and O–H groups in total. The van der Waals surface area contributed by atoms with Crippen LogP contribution in [0.2, 0.25) is 0 Å². The normalized spacial score (nSPS) is 16.7. The largest absolute Gasteiger partial charge is 0.493 e. The van der Waals surface area contributed by atoms with E-state index in [-0.39, 0.29) is 5.56 Å². The predicted octanol–water partition coefficient (Wildman–Crippen LogP) is 5.07. The molecule has 0 unspecified atom stereocenters. The van der Waals surface area contributed by atoms with Gasteiger partial charge in [-0.05, 0) is 62.4 Å². The first-order chi connectivity index (χ1) is 18.1. The lowest BCUT2D eigenvalue weighted by Gasteiger charge is -2.31. The van der Waals surface area contributed by atoms with Crippen molar-refractivity contribution < 1.29 is 18.7 Å². The highest BCUT2D eigenvalue weighted by atomic mass is 19.1. The number of hydrogen-bond donors (Lipinski definition) is 2. The monoisotopic (exact) mass is 505 g/mol. The molecule has 37 heavy (non-hydrogen) atoms. The molecular formula is C28H32FN5O3. The van der Waals surface area contributed by atoms with Crippen molar-refractivity contribution in [2.75, 3.05) is 43.6 Å². The van der Waals surface area contributed by atoms with Crippen LogP contribution in [0.15, 0.2) is 42.6 Å². The number of ether oxygens (including phenoxy) is 2. The van der Waals surface area contributed by atoms with Gasteiger partial charge in [0.25, 0.3) is 5.91 Å². The Hall–Kier alpha value is -3.72. The van der Waals surface area contributed by atoms with Crippen molar-refractivity contribution in [1.29, 1.82) is 0 Å². The van der Waals surface area contributed by atoms with E-state index in [1.165, 1.54) is 44.2 Å². The molecule has 4 heterocycles. The molecule has 0 atom stereocenters. The molecule has 1 aromatic heterocycles. The number of rotatable bonds is 2. The number of amides is 1. The Morgan fingerprint density at radius 2 is 1.92 bits per heavy atom. The lowest BCUT2D eigenvalue weighted by molar-refractivity contribution is 0.0942. The fourth-order valence-corrected chi connectivity index (χ4v) is 4.79. The van der Waals surface area contributed by atoms with Crippen LogP contribution in [0.4, 0.5) is 21.7 Å². The van der Waals surface area contributed by atoms with E-state index in [9.17, 15) is 9.18 Å². The van der Waals surface area contributed by atoms with E-state index in [0.717, 1.165) is 37.2 Å². The third-order valence-corrected chi connectivity index (χ3v) is 6.75. The van der Waals surface area contributed by atoms with Crippen molar-refractivity contribution >= 4 is 23.2 Å². The average Bonchev–Trinajstić information content (AvgIpc) is 2.92. The summed E-state index contributed by atoms with van der Waals surface area (Å²) >= 11 is 0. The minimum atomic E-state index is -0.621. The molecule has 1 saturated heterocycles. The summed E-state index contributed by atoms with van der Waals surface area (Å²) in [4.78, 5) is 24.0. The Morgan fingerprint density at radius 3 is 2.73 bits per heavy atom. The summed E-state index contributed by atoms with van der Waals surface area (Å²) in [5, 5.41) is 6.08. The molecule has 3 aliphatic heterocycles. The Kier molecular flexibility index (Phi) is 7.79. The highest BCUT2D eigenvalue weighted by molar-refractivity contribution is 5.95. The SMILES string of the molecule is COc1cnc2nc1-c1ccc(c(F)c1)C(=O)NCCCCOCc1cc(ccc1N1CCCCC1)N2. The van der Waals surface area contributed by atoms with Crippen molar-refractivity contribution in [3.05, 3.63) is 59.5 Å². The van der Waals surface area contributed by atoms with Gasteiger partial charge < -0.3 is 25.0 Å². The van der Waals surface area contributed by atoms with E-state index in [2.05, 4.69) is 37.6 Å². The smallest absolute Gasteiger partial charge is 0.254 e. The first-order valence-corrected chi connectivity index (χ1v) is 12.8. The number of benzene rings is 2. The zero-order valence-corrected chi connectivity index (χ0v) is 21.1. The summed E-state index contributed by atoms with van der Waals surface area (Å²) in [6.45, 7) is 3.59. The number of aromatic nitrogens is 2.